The summed E-state index contributed by atoms with van der Waals surface area (Å²) < 4.78 is 33.8. The zero-order valence-electron chi connectivity index (χ0n) is 11.5. The van der Waals surface area contributed by atoms with Gasteiger partial charge in [-0.15, -0.1) is 0 Å². The zero-order chi connectivity index (χ0) is 14.9. The molecule has 1 saturated carbocycles. The van der Waals surface area contributed by atoms with Crippen LogP contribution in [-0.2, 0) is 14.8 Å². The molecule has 0 spiro atoms. The predicted octanol–water partition coefficient (Wildman–Crippen LogP) is 1.54. The van der Waals surface area contributed by atoms with Crippen LogP contribution in [0.4, 0.5) is 0 Å². The quantitative estimate of drug-likeness (QED) is 0.832. The number of nitrogens with one attached hydrogen (secondary N) is 1. The zero-order valence-corrected chi connectivity index (χ0v) is 13.9. The van der Waals surface area contributed by atoms with E-state index in [1.807, 2.05) is 13.0 Å². The van der Waals surface area contributed by atoms with Gasteiger partial charge in [-0.2, -0.15) is 0 Å². The summed E-state index contributed by atoms with van der Waals surface area (Å²) in [7, 11) is -3.60. The van der Waals surface area contributed by atoms with Crippen LogP contribution >= 0.6 is 15.9 Å². The summed E-state index contributed by atoms with van der Waals surface area (Å²) in [5.41, 5.74) is 6.58. The molecule has 3 N–H and O–H groups in total. The Morgan fingerprint density at radius 3 is 2.80 bits per heavy atom. The number of aryl methyl sites for hydroxylation is 1. The van der Waals surface area contributed by atoms with Gasteiger partial charge >= 0.3 is 0 Å². The first-order chi connectivity index (χ1) is 9.35. The summed E-state index contributed by atoms with van der Waals surface area (Å²) >= 11 is 3.29. The van der Waals surface area contributed by atoms with Crippen LogP contribution in [0.1, 0.15) is 18.9 Å². The Morgan fingerprint density at radius 1 is 1.50 bits per heavy atom. The van der Waals surface area contributed by atoms with E-state index >= 15 is 0 Å². The van der Waals surface area contributed by atoms with Crippen LogP contribution in [0.25, 0.3) is 0 Å². The van der Waals surface area contributed by atoms with Gasteiger partial charge in [0.05, 0.1) is 17.0 Å². The SMILES string of the molecule is CCOC1CC(N)C1NS(=O)(=O)c1cc(Br)ccc1C. The molecule has 7 heteroatoms. The molecule has 1 aromatic rings. The van der Waals surface area contributed by atoms with Crippen LogP contribution in [0.3, 0.4) is 0 Å². The monoisotopic (exact) mass is 362 g/mol. The molecule has 20 heavy (non-hydrogen) atoms. The van der Waals surface area contributed by atoms with Crippen molar-refractivity contribution in [2.24, 2.45) is 5.73 Å². The lowest BCUT2D eigenvalue weighted by Crippen LogP contribution is -2.64. The van der Waals surface area contributed by atoms with Gasteiger partial charge in [0, 0.05) is 17.1 Å². The number of hydrogen-bond acceptors (Lipinski definition) is 4. The van der Waals surface area contributed by atoms with Crippen molar-refractivity contribution in [2.45, 2.75) is 43.4 Å². The fraction of sp³-hybridized carbons (Fsp3) is 0.538. The summed E-state index contributed by atoms with van der Waals surface area (Å²) in [6, 6.07) is 4.61. The third kappa shape index (κ3) is 3.23. The van der Waals surface area contributed by atoms with E-state index in [1.54, 1.807) is 19.1 Å². The maximum absolute atomic E-state index is 12.5. The number of ether oxygens (including phenoxy) is 1. The van der Waals surface area contributed by atoms with Crippen molar-refractivity contribution in [1.82, 2.24) is 4.72 Å². The molecule has 112 valence electrons. The Balaban J connectivity index is 2.21. The van der Waals surface area contributed by atoms with Crippen LogP contribution in [0.5, 0.6) is 0 Å². The number of sulfonamides is 1. The van der Waals surface area contributed by atoms with E-state index < -0.39 is 10.0 Å². The molecule has 0 bridgehead atoms. The number of benzene rings is 1. The number of halogens is 1. The molecule has 5 nitrogen and oxygen atoms in total. The molecule has 3 unspecified atom stereocenters. The smallest absolute Gasteiger partial charge is 0.241 e. The van der Waals surface area contributed by atoms with Gasteiger partial charge in [-0.25, -0.2) is 13.1 Å². The highest BCUT2D eigenvalue weighted by molar-refractivity contribution is 9.10. The molecule has 0 aromatic heterocycles. The summed E-state index contributed by atoms with van der Waals surface area (Å²) in [5.74, 6) is 0. The average molecular weight is 363 g/mol. The third-order valence-electron chi connectivity index (χ3n) is 3.48. The normalized spacial score (nSPS) is 26.3. The minimum absolute atomic E-state index is 0.141. The molecule has 1 aromatic carbocycles. The molecule has 0 heterocycles. The third-order valence-corrected chi connectivity index (χ3v) is 5.57. The predicted molar refractivity (Wildman–Crippen MR) is 81.0 cm³/mol. The van der Waals surface area contributed by atoms with Gasteiger partial charge in [-0.3, -0.25) is 0 Å². The van der Waals surface area contributed by atoms with Crippen molar-refractivity contribution >= 4 is 26.0 Å². The minimum atomic E-state index is -3.60. The van der Waals surface area contributed by atoms with Gasteiger partial charge in [-0.1, -0.05) is 22.0 Å². The number of nitrogens with two attached hydrogens (primary N) is 1. The van der Waals surface area contributed by atoms with E-state index in [-0.39, 0.29) is 23.1 Å². The largest absolute Gasteiger partial charge is 0.377 e. The number of rotatable bonds is 5. The van der Waals surface area contributed by atoms with Gasteiger partial charge < -0.3 is 10.5 Å². The van der Waals surface area contributed by atoms with Crippen molar-refractivity contribution in [3.05, 3.63) is 28.2 Å². The highest BCUT2D eigenvalue weighted by atomic mass is 79.9. The van der Waals surface area contributed by atoms with Crippen molar-refractivity contribution in [1.29, 1.82) is 0 Å². The van der Waals surface area contributed by atoms with Gasteiger partial charge in [0.25, 0.3) is 0 Å². The first-order valence-electron chi connectivity index (χ1n) is 6.51. The second-order valence-electron chi connectivity index (χ2n) is 4.95. The van der Waals surface area contributed by atoms with Crippen molar-refractivity contribution in [3.8, 4) is 0 Å². The first kappa shape index (κ1) is 15.9. The molecule has 0 saturated heterocycles. The Hall–Kier alpha value is -0.470. The van der Waals surface area contributed by atoms with Crippen molar-refractivity contribution in [2.75, 3.05) is 6.61 Å². The Morgan fingerprint density at radius 2 is 2.20 bits per heavy atom. The van der Waals surface area contributed by atoms with Gasteiger partial charge in [-0.05, 0) is 38.0 Å². The standard InChI is InChI=1S/C13H19BrN2O3S/c1-3-19-11-7-10(15)13(11)16-20(17,18)12-6-9(14)5-4-8(12)2/h4-6,10-11,13,16H,3,7,15H2,1-2H3. The summed E-state index contributed by atoms with van der Waals surface area (Å²) in [5, 5.41) is 0. The molecule has 1 aliphatic carbocycles. The molecular formula is C13H19BrN2O3S. The number of hydrogen-bond donors (Lipinski definition) is 2. The maximum Gasteiger partial charge on any atom is 0.241 e. The van der Waals surface area contributed by atoms with Crippen LogP contribution in [-0.4, -0.2) is 33.2 Å². The van der Waals surface area contributed by atoms with Gasteiger partial charge in [0.1, 0.15) is 0 Å². The molecule has 1 fully saturated rings. The Bertz CT molecular complexity index is 589. The van der Waals surface area contributed by atoms with E-state index in [2.05, 4.69) is 20.7 Å². The molecule has 0 amide bonds. The lowest BCUT2D eigenvalue weighted by atomic mass is 9.84. The second-order valence-corrected chi connectivity index (χ2v) is 7.55. The molecular weight excluding hydrogens is 344 g/mol. The minimum Gasteiger partial charge on any atom is -0.377 e. The topological polar surface area (TPSA) is 81.4 Å². The van der Waals surface area contributed by atoms with Crippen LogP contribution in [0, 0.1) is 6.92 Å². The lowest BCUT2D eigenvalue weighted by Gasteiger charge is -2.42. The summed E-state index contributed by atoms with van der Waals surface area (Å²) in [6.07, 6.45) is 0.538. The van der Waals surface area contributed by atoms with Crippen LogP contribution < -0.4 is 10.5 Å². The summed E-state index contributed by atoms with van der Waals surface area (Å²) in [4.78, 5) is 0.265. The summed E-state index contributed by atoms with van der Waals surface area (Å²) in [6.45, 7) is 4.20. The second kappa shape index (κ2) is 6.11. The Kier molecular flexibility index (Phi) is 4.86. The van der Waals surface area contributed by atoms with Crippen molar-refractivity contribution < 1.29 is 13.2 Å². The highest BCUT2D eigenvalue weighted by Crippen LogP contribution is 2.26. The van der Waals surface area contributed by atoms with E-state index in [9.17, 15) is 8.42 Å². The van der Waals surface area contributed by atoms with Crippen LogP contribution in [0.15, 0.2) is 27.6 Å². The van der Waals surface area contributed by atoms with E-state index in [0.29, 0.717) is 18.6 Å². The van der Waals surface area contributed by atoms with Gasteiger partial charge in [0.2, 0.25) is 10.0 Å². The lowest BCUT2D eigenvalue weighted by molar-refractivity contribution is -0.0248. The van der Waals surface area contributed by atoms with Crippen LogP contribution in [0.2, 0.25) is 0 Å². The van der Waals surface area contributed by atoms with E-state index in [1.165, 1.54) is 0 Å². The Labute approximate surface area is 128 Å². The highest BCUT2D eigenvalue weighted by Gasteiger charge is 2.42. The molecule has 2 rings (SSSR count). The van der Waals surface area contributed by atoms with Gasteiger partial charge in [0.15, 0.2) is 0 Å². The molecule has 0 radical (unpaired) electrons. The van der Waals surface area contributed by atoms with Crippen molar-refractivity contribution in [3.63, 3.8) is 0 Å². The fourth-order valence-electron chi connectivity index (χ4n) is 2.30. The first-order valence-corrected chi connectivity index (χ1v) is 8.78. The maximum atomic E-state index is 12.5. The molecule has 3 atom stereocenters. The molecule has 0 aliphatic heterocycles. The van der Waals surface area contributed by atoms with E-state index in [4.69, 9.17) is 10.5 Å². The fourth-order valence-corrected chi connectivity index (χ4v) is 4.39. The molecule has 1 aliphatic rings. The van der Waals surface area contributed by atoms with E-state index in [0.717, 1.165) is 4.47 Å². The average Bonchev–Trinajstić information content (AvgIpc) is 2.39.